The summed E-state index contributed by atoms with van der Waals surface area (Å²) in [5.41, 5.74) is 10.5. The fourth-order valence-corrected chi connectivity index (χ4v) is 7.36. The molecule has 4 heterocycles. The summed E-state index contributed by atoms with van der Waals surface area (Å²) in [6.45, 7) is 4.38. The molecule has 8 nitrogen and oxygen atoms in total. The average Bonchev–Trinajstić information content (AvgIpc) is 3.62. The van der Waals surface area contributed by atoms with Gasteiger partial charge >= 0.3 is 7.12 Å². The van der Waals surface area contributed by atoms with Gasteiger partial charge in [0.1, 0.15) is 5.75 Å². The molecule has 0 aliphatic carbocycles. The molecule has 4 aromatic rings. The molecule has 0 saturated carbocycles. The van der Waals surface area contributed by atoms with Gasteiger partial charge in [-0.25, -0.2) is 4.68 Å². The second-order valence-corrected chi connectivity index (χ2v) is 10.3. The van der Waals surface area contributed by atoms with Crippen LogP contribution in [-0.4, -0.2) is 56.9 Å². The van der Waals surface area contributed by atoms with E-state index in [-0.39, 0.29) is 11.2 Å². The zero-order valence-corrected chi connectivity index (χ0v) is 21.4. The Kier molecular flexibility index (Phi) is 5.70. The van der Waals surface area contributed by atoms with Crippen LogP contribution in [0.2, 0.25) is 0 Å². The van der Waals surface area contributed by atoms with Gasteiger partial charge < -0.3 is 19.8 Å². The summed E-state index contributed by atoms with van der Waals surface area (Å²) in [6, 6.07) is 12.0. The SMILES string of the molecule is CC[C@@]12CSC[C@]1(CC)OB(c1cc(-c3ccc4c(N)cnnc4c3)c(-n3cccn3)cc1OC)O2. The fourth-order valence-electron chi connectivity index (χ4n) is 5.53. The molecule has 2 fully saturated rings. The van der Waals surface area contributed by atoms with Crippen LogP contribution in [0.5, 0.6) is 5.75 Å². The summed E-state index contributed by atoms with van der Waals surface area (Å²) in [4.78, 5) is 0. The number of fused-ring (bicyclic) bond motifs is 2. The van der Waals surface area contributed by atoms with Crippen molar-refractivity contribution in [2.24, 2.45) is 0 Å². The third-order valence-corrected chi connectivity index (χ3v) is 8.98. The number of nitrogen functional groups attached to an aromatic ring is 1. The number of hydrogen-bond acceptors (Lipinski definition) is 8. The van der Waals surface area contributed by atoms with E-state index in [1.807, 2.05) is 53.0 Å². The molecule has 2 N–H and O–H groups in total. The highest BCUT2D eigenvalue weighted by Crippen LogP contribution is 2.51. The highest BCUT2D eigenvalue weighted by atomic mass is 32.2. The summed E-state index contributed by atoms with van der Waals surface area (Å²) in [5, 5.41) is 13.7. The van der Waals surface area contributed by atoms with Gasteiger partial charge in [0.05, 0.1) is 41.4 Å². The topological polar surface area (TPSA) is 97.3 Å². The molecule has 2 aliphatic heterocycles. The first-order chi connectivity index (χ1) is 17.5. The Bertz CT molecular complexity index is 1410. The summed E-state index contributed by atoms with van der Waals surface area (Å²) < 4.78 is 21.3. The smallest absolute Gasteiger partial charge is 0.497 e. The van der Waals surface area contributed by atoms with Crippen LogP contribution in [0, 0.1) is 0 Å². The maximum absolute atomic E-state index is 6.77. The fraction of sp³-hybridized carbons (Fsp3) is 0.346. The highest BCUT2D eigenvalue weighted by molar-refractivity contribution is 7.99. The Balaban J connectivity index is 1.53. The lowest BCUT2D eigenvalue weighted by Crippen LogP contribution is -2.49. The molecule has 2 atom stereocenters. The molecule has 0 amide bonds. The number of nitrogens with zero attached hydrogens (tertiary/aromatic N) is 4. The number of thioether (sulfide) groups is 1. The van der Waals surface area contributed by atoms with Gasteiger partial charge in [-0.3, -0.25) is 0 Å². The minimum absolute atomic E-state index is 0.307. The molecular formula is C26H28BN5O3S. The van der Waals surface area contributed by atoms with E-state index in [9.17, 15) is 0 Å². The normalized spacial score (nSPS) is 23.4. The van der Waals surface area contributed by atoms with E-state index in [1.165, 1.54) is 0 Å². The highest BCUT2D eigenvalue weighted by Gasteiger charge is 2.63. The third-order valence-electron chi connectivity index (χ3n) is 7.64. The van der Waals surface area contributed by atoms with Crippen molar-refractivity contribution in [3.63, 3.8) is 0 Å². The van der Waals surface area contributed by atoms with Crippen LogP contribution in [0.1, 0.15) is 26.7 Å². The van der Waals surface area contributed by atoms with Gasteiger partial charge in [0.25, 0.3) is 0 Å². The summed E-state index contributed by atoms with van der Waals surface area (Å²) in [6.07, 6.45) is 7.04. The zero-order chi connectivity index (χ0) is 24.9. The molecule has 2 aliphatic rings. The first-order valence-corrected chi connectivity index (χ1v) is 13.3. The maximum Gasteiger partial charge on any atom is 0.498 e. The van der Waals surface area contributed by atoms with E-state index in [2.05, 4.69) is 35.2 Å². The van der Waals surface area contributed by atoms with Crippen LogP contribution in [0.4, 0.5) is 5.69 Å². The van der Waals surface area contributed by atoms with Crippen molar-refractivity contribution >= 4 is 40.9 Å². The van der Waals surface area contributed by atoms with Crippen LogP contribution >= 0.6 is 11.8 Å². The van der Waals surface area contributed by atoms with Gasteiger partial charge in [-0.15, -0.1) is 0 Å². The molecule has 0 radical (unpaired) electrons. The monoisotopic (exact) mass is 501 g/mol. The Morgan fingerprint density at radius 3 is 2.58 bits per heavy atom. The summed E-state index contributed by atoms with van der Waals surface area (Å²) >= 11 is 1.91. The van der Waals surface area contributed by atoms with Crippen molar-refractivity contribution in [3.8, 4) is 22.6 Å². The molecule has 2 saturated heterocycles. The molecule has 0 spiro atoms. The first-order valence-electron chi connectivity index (χ1n) is 12.2. The largest absolute Gasteiger partial charge is 0.498 e. The zero-order valence-electron chi connectivity index (χ0n) is 20.6. The van der Waals surface area contributed by atoms with Gasteiger partial charge in [0.2, 0.25) is 0 Å². The lowest BCUT2D eigenvalue weighted by Gasteiger charge is -2.36. The number of rotatable bonds is 6. The number of benzene rings is 2. The molecule has 0 unspecified atom stereocenters. The average molecular weight is 501 g/mol. The van der Waals surface area contributed by atoms with E-state index in [0.717, 1.165) is 57.5 Å². The van der Waals surface area contributed by atoms with Crippen LogP contribution in [0.3, 0.4) is 0 Å². The van der Waals surface area contributed by atoms with E-state index < -0.39 is 7.12 Å². The Morgan fingerprint density at radius 2 is 1.92 bits per heavy atom. The molecule has 2 aromatic carbocycles. The number of aromatic nitrogens is 4. The van der Waals surface area contributed by atoms with Crippen molar-refractivity contribution < 1.29 is 14.0 Å². The maximum atomic E-state index is 6.77. The van der Waals surface area contributed by atoms with Crippen molar-refractivity contribution in [1.29, 1.82) is 0 Å². The molecular weight excluding hydrogens is 473 g/mol. The van der Waals surface area contributed by atoms with Crippen molar-refractivity contribution in [1.82, 2.24) is 20.0 Å². The number of nitrogens with two attached hydrogens (primary N) is 1. The molecule has 36 heavy (non-hydrogen) atoms. The Labute approximate surface area is 214 Å². The first kappa shape index (κ1) is 23.3. The minimum atomic E-state index is -0.526. The van der Waals surface area contributed by atoms with Gasteiger partial charge in [-0.05, 0) is 42.7 Å². The van der Waals surface area contributed by atoms with Crippen LogP contribution in [-0.2, 0) is 9.31 Å². The molecule has 2 aromatic heterocycles. The van der Waals surface area contributed by atoms with Crippen LogP contribution in [0.15, 0.2) is 55.0 Å². The van der Waals surface area contributed by atoms with E-state index >= 15 is 0 Å². The van der Waals surface area contributed by atoms with Crippen molar-refractivity contribution in [2.45, 2.75) is 37.9 Å². The summed E-state index contributed by atoms with van der Waals surface area (Å²) in [5.74, 6) is 2.56. The summed E-state index contributed by atoms with van der Waals surface area (Å²) in [7, 11) is 1.15. The third kappa shape index (κ3) is 3.42. The minimum Gasteiger partial charge on any atom is -0.497 e. The number of ether oxygens (including phenoxy) is 1. The van der Waals surface area contributed by atoms with Gasteiger partial charge in [-0.2, -0.15) is 27.1 Å². The van der Waals surface area contributed by atoms with Gasteiger partial charge in [-0.1, -0.05) is 19.9 Å². The second kappa shape index (κ2) is 8.79. The lowest BCUT2D eigenvalue weighted by molar-refractivity contribution is -0.0120. The van der Waals surface area contributed by atoms with Crippen molar-refractivity contribution in [3.05, 3.63) is 55.0 Å². The predicted octanol–water partition coefficient (Wildman–Crippen LogP) is 3.86. The number of anilines is 1. The predicted molar refractivity (Wildman–Crippen MR) is 144 cm³/mol. The van der Waals surface area contributed by atoms with E-state index in [1.54, 1.807) is 19.5 Å². The number of hydrogen-bond donors (Lipinski definition) is 1. The quantitative estimate of drug-likeness (QED) is 0.398. The van der Waals surface area contributed by atoms with Crippen LogP contribution in [0.25, 0.3) is 27.7 Å². The number of methoxy groups -OCH3 is 1. The van der Waals surface area contributed by atoms with Gasteiger partial charge in [0.15, 0.2) is 0 Å². The van der Waals surface area contributed by atoms with Crippen LogP contribution < -0.4 is 15.9 Å². The van der Waals surface area contributed by atoms with Gasteiger partial charge in [0, 0.05) is 46.4 Å². The molecule has 10 heteroatoms. The second-order valence-electron chi connectivity index (χ2n) is 9.35. The Hall–Kier alpha value is -3.08. The standard InChI is InChI=1S/C26H28BN5O3S/c1-4-25-15-36-16-26(25,5-2)35-27(34-25)20-12-19(23(13-24(20)33-3)32-10-6-9-30-32)17-7-8-18-21(28)14-29-31-22(18)11-17/h6-14H,4-5,15-16H2,1-3H3,(H2,28,31)/t25-,26+. The van der Waals surface area contributed by atoms with E-state index in [0.29, 0.717) is 11.4 Å². The molecule has 0 bridgehead atoms. The van der Waals surface area contributed by atoms with E-state index in [4.69, 9.17) is 19.8 Å². The molecule has 6 rings (SSSR count). The van der Waals surface area contributed by atoms with Crippen molar-refractivity contribution in [2.75, 3.05) is 24.3 Å². The lowest BCUT2D eigenvalue weighted by atomic mass is 9.76. The Morgan fingerprint density at radius 1 is 1.14 bits per heavy atom. The molecule has 184 valence electrons.